The molecule has 1 amide bonds. The van der Waals surface area contributed by atoms with Crippen molar-refractivity contribution >= 4 is 5.91 Å². The smallest absolute Gasteiger partial charge is 0.394 e. The van der Waals surface area contributed by atoms with Crippen LogP contribution in [-0.4, -0.2) is 29.8 Å². The molecule has 0 aromatic rings. The monoisotopic (exact) mass is 171 g/mol. The van der Waals surface area contributed by atoms with Gasteiger partial charge in [0.15, 0.2) is 0 Å². The Bertz CT molecular complexity index is 145. The van der Waals surface area contributed by atoms with Gasteiger partial charge < -0.3 is 10.4 Å². The first-order valence-corrected chi connectivity index (χ1v) is 2.82. The lowest BCUT2D eigenvalue weighted by Crippen LogP contribution is -2.46. The molecule has 0 unspecified atom stereocenters. The molecule has 0 saturated heterocycles. The Balaban J connectivity index is 4.07. The summed E-state index contributed by atoms with van der Waals surface area (Å²) < 4.78 is 35.1. The molecule has 0 heterocycles. The Labute approximate surface area is 61.2 Å². The van der Waals surface area contributed by atoms with E-state index in [0.29, 0.717) is 0 Å². The molecule has 0 radical (unpaired) electrons. The number of amides is 1. The number of carbonyl (C=O) groups is 1. The van der Waals surface area contributed by atoms with Gasteiger partial charge in [-0.25, -0.2) is 0 Å². The summed E-state index contributed by atoms with van der Waals surface area (Å²) in [4.78, 5) is 10.1. The Kier molecular flexibility index (Phi) is 3.31. The van der Waals surface area contributed by atoms with E-state index in [2.05, 4.69) is 0 Å². The first kappa shape index (κ1) is 10.2. The fourth-order valence-electron chi connectivity index (χ4n) is 0.476. The van der Waals surface area contributed by atoms with Crippen molar-refractivity contribution in [2.24, 2.45) is 0 Å². The molecule has 1 atom stereocenters. The zero-order valence-electron chi connectivity index (χ0n) is 5.77. The van der Waals surface area contributed by atoms with E-state index in [-0.39, 0.29) is 0 Å². The van der Waals surface area contributed by atoms with Crippen LogP contribution in [-0.2, 0) is 4.79 Å². The van der Waals surface area contributed by atoms with Crippen molar-refractivity contribution in [3.05, 3.63) is 0 Å². The summed E-state index contributed by atoms with van der Waals surface area (Å²) in [5.74, 6) is -0.818. The molecule has 0 aromatic carbocycles. The highest BCUT2D eigenvalue weighted by Gasteiger charge is 2.39. The number of aliphatic hydroxyl groups excluding tert-OH is 1. The molecule has 2 N–H and O–H groups in total. The van der Waals surface area contributed by atoms with E-state index in [1.807, 2.05) is 0 Å². The van der Waals surface area contributed by atoms with Gasteiger partial charge in [0.25, 0.3) is 0 Å². The maximum atomic E-state index is 11.7. The molecule has 6 heteroatoms. The van der Waals surface area contributed by atoms with Crippen LogP contribution in [0.4, 0.5) is 13.2 Å². The first-order chi connectivity index (χ1) is 4.88. The Morgan fingerprint density at radius 2 is 2.09 bits per heavy atom. The molecule has 0 bridgehead atoms. The summed E-state index contributed by atoms with van der Waals surface area (Å²) >= 11 is 0. The van der Waals surface area contributed by atoms with Crippen LogP contribution in [0.1, 0.15) is 6.92 Å². The van der Waals surface area contributed by atoms with Gasteiger partial charge in [-0.05, 0) is 0 Å². The van der Waals surface area contributed by atoms with Crippen LogP contribution in [0, 0.1) is 0 Å². The molecule has 0 aromatic heterocycles. The normalized spacial score (nSPS) is 14.3. The number of hydrogen-bond acceptors (Lipinski definition) is 2. The van der Waals surface area contributed by atoms with Gasteiger partial charge >= 0.3 is 6.18 Å². The molecule has 0 spiro atoms. The highest BCUT2D eigenvalue weighted by molar-refractivity contribution is 5.73. The van der Waals surface area contributed by atoms with E-state index in [1.54, 1.807) is 5.32 Å². The minimum atomic E-state index is -4.58. The topological polar surface area (TPSA) is 49.3 Å². The number of hydrogen-bond donors (Lipinski definition) is 2. The van der Waals surface area contributed by atoms with E-state index in [4.69, 9.17) is 5.11 Å². The predicted octanol–water partition coefficient (Wildman–Crippen LogP) is 0.0457. The SMILES string of the molecule is CC(=O)N[C@H](CO)C(F)(F)F. The van der Waals surface area contributed by atoms with Gasteiger partial charge in [0, 0.05) is 6.92 Å². The minimum absolute atomic E-state index is 0.818. The van der Waals surface area contributed by atoms with Gasteiger partial charge in [-0.1, -0.05) is 0 Å². The third-order valence-corrected chi connectivity index (χ3v) is 0.955. The molecule has 0 aliphatic heterocycles. The summed E-state index contributed by atoms with van der Waals surface area (Å²) in [6.45, 7) is -0.183. The van der Waals surface area contributed by atoms with Crippen molar-refractivity contribution in [3.63, 3.8) is 0 Å². The van der Waals surface area contributed by atoms with E-state index >= 15 is 0 Å². The van der Waals surface area contributed by atoms with Crippen LogP contribution < -0.4 is 5.32 Å². The molecule has 11 heavy (non-hydrogen) atoms. The standard InChI is InChI=1S/C5H8F3NO2/c1-3(11)9-4(2-10)5(6,7)8/h4,10H,2H2,1H3,(H,9,11)/t4-/m1/s1. The van der Waals surface area contributed by atoms with Crippen molar-refractivity contribution in [2.75, 3.05) is 6.61 Å². The van der Waals surface area contributed by atoms with Crippen LogP contribution >= 0.6 is 0 Å². The fourth-order valence-corrected chi connectivity index (χ4v) is 0.476. The van der Waals surface area contributed by atoms with Crippen LogP contribution in [0.2, 0.25) is 0 Å². The Hall–Kier alpha value is -0.780. The number of aliphatic hydroxyl groups is 1. The summed E-state index contributed by atoms with van der Waals surface area (Å²) in [6.07, 6.45) is -4.58. The van der Waals surface area contributed by atoms with E-state index in [1.165, 1.54) is 0 Å². The molecule has 0 aliphatic carbocycles. The number of nitrogens with one attached hydrogen (secondary N) is 1. The van der Waals surface area contributed by atoms with Gasteiger partial charge in [0.05, 0.1) is 6.61 Å². The van der Waals surface area contributed by atoms with Crippen molar-refractivity contribution < 1.29 is 23.1 Å². The zero-order valence-corrected chi connectivity index (χ0v) is 5.77. The lowest BCUT2D eigenvalue weighted by atomic mass is 10.3. The molecule has 3 nitrogen and oxygen atoms in total. The number of halogens is 3. The third-order valence-electron chi connectivity index (χ3n) is 0.955. The predicted molar refractivity (Wildman–Crippen MR) is 30.7 cm³/mol. The lowest BCUT2D eigenvalue weighted by Gasteiger charge is -2.17. The molecule has 66 valence electrons. The molecule has 0 fully saturated rings. The van der Waals surface area contributed by atoms with Crippen LogP contribution in [0.25, 0.3) is 0 Å². The third kappa shape index (κ3) is 3.82. The molecule has 0 saturated carbocycles. The van der Waals surface area contributed by atoms with Crippen LogP contribution in [0.3, 0.4) is 0 Å². The average molecular weight is 171 g/mol. The van der Waals surface area contributed by atoms with Gasteiger partial charge in [-0.3, -0.25) is 4.79 Å². The first-order valence-electron chi connectivity index (χ1n) is 2.82. The highest BCUT2D eigenvalue weighted by Crippen LogP contribution is 2.19. The maximum absolute atomic E-state index is 11.7. The summed E-state index contributed by atoms with van der Waals surface area (Å²) in [5.41, 5.74) is 0. The van der Waals surface area contributed by atoms with Crippen LogP contribution in [0.5, 0.6) is 0 Å². The second-order valence-electron chi connectivity index (χ2n) is 1.98. The van der Waals surface area contributed by atoms with E-state index in [0.717, 1.165) is 6.92 Å². The maximum Gasteiger partial charge on any atom is 0.410 e. The average Bonchev–Trinajstić information content (AvgIpc) is 1.79. The lowest BCUT2D eigenvalue weighted by molar-refractivity contribution is -0.168. The second kappa shape index (κ2) is 3.56. The largest absolute Gasteiger partial charge is 0.410 e. The molecular formula is C5H8F3NO2. The Morgan fingerprint density at radius 1 is 1.64 bits per heavy atom. The summed E-state index contributed by atoms with van der Waals surface area (Å²) in [7, 11) is 0. The van der Waals surface area contributed by atoms with Crippen molar-refractivity contribution in [2.45, 2.75) is 19.1 Å². The summed E-state index contributed by atoms with van der Waals surface area (Å²) in [5, 5.41) is 9.73. The van der Waals surface area contributed by atoms with E-state index < -0.39 is 24.7 Å². The van der Waals surface area contributed by atoms with Gasteiger partial charge in [0.1, 0.15) is 6.04 Å². The minimum Gasteiger partial charge on any atom is -0.394 e. The van der Waals surface area contributed by atoms with Crippen molar-refractivity contribution in [3.8, 4) is 0 Å². The zero-order chi connectivity index (χ0) is 9.07. The van der Waals surface area contributed by atoms with Crippen LogP contribution in [0.15, 0.2) is 0 Å². The second-order valence-corrected chi connectivity index (χ2v) is 1.98. The quantitative estimate of drug-likeness (QED) is 0.616. The number of rotatable bonds is 2. The fraction of sp³-hybridized carbons (Fsp3) is 0.800. The van der Waals surface area contributed by atoms with Gasteiger partial charge in [-0.15, -0.1) is 0 Å². The molecular weight excluding hydrogens is 163 g/mol. The summed E-state index contributed by atoms with van der Waals surface area (Å²) in [6, 6.07) is -2.15. The van der Waals surface area contributed by atoms with Gasteiger partial charge in [-0.2, -0.15) is 13.2 Å². The van der Waals surface area contributed by atoms with Crippen molar-refractivity contribution in [1.29, 1.82) is 0 Å². The van der Waals surface area contributed by atoms with Gasteiger partial charge in [0.2, 0.25) is 5.91 Å². The van der Waals surface area contributed by atoms with E-state index in [9.17, 15) is 18.0 Å². The number of carbonyl (C=O) groups excluding carboxylic acids is 1. The van der Waals surface area contributed by atoms with Crippen molar-refractivity contribution in [1.82, 2.24) is 5.32 Å². The molecule has 0 aliphatic rings. The molecule has 0 rings (SSSR count). The highest BCUT2D eigenvalue weighted by atomic mass is 19.4. The Morgan fingerprint density at radius 3 is 2.18 bits per heavy atom. The number of alkyl halides is 3.